The van der Waals surface area contributed by atoms with E-state index >= 15 is 0 Å². The summed E-state index contributed by atoms with van der Waals surface area (Å²) in [5.41, 5.74) is 1.55. The van der Waals surface area contributed by atoms with Gasteiger partial charge >= 0.3 is 0 Å². The molecule has 1 aliphatic rings. The standard InChI is InChI=1S/C16H25N7O3S/c1-14-11-19-22(12-14)5-4-18-16(17-2)21-6-8-23(9-7-21)27(24,25)13-15-3-10-26-20-15/h3,10-12H,4-9,13H2,1-2H3,(H,17,18). The zero-order valence-corrected chi connectivity index (χ0v) is 16.4. The van der Waals surface area contributed by atoms with Gasteiger partial charge in [-0.05, 0) is 12.5 Å². The molecule has 0 aliphatic carbocycles. The van der Waals surface area contributed by atoms with Crippen LogP contribution in [0.15, 0.2) is 34.2 Å². The molecular formula is C16H25N7O3S. The molecule has 0 amide bonds. The maximum atomic E-state index is 12.5. The Bertz CT molecular complexity index is 852. The Morgan fingerprint density at radius 3 is 2.70 bits per heavy atom. The lowest BCUT2D eigenvalue weighted by Gasteiger charge is -2.35. The first-order valence-corrected chi connectivity index (χ1v) is 10.4. The van der Waals surface area contributed by atoms with Crippen molar-refractivity contribution in [3.8, 4) is 0 Å². The summed E-state index contributed by atoms with van der Waals surface area (Å²) in [7, 11) is -1.67. The highest BCUT2D eigenvalue weighted by Crippen LogP contribution is 2.12. The molecule has 1 fully saturated rings. The number of nitrogens with zero attached hydrogens (tertiary/aromatic N) is 6. The number of nitrogens with one attached hydrogen (secondary N) is 1. The van der Waals surface area contributed by atoms with Gasteiger partial charge in [-0.2, -0.15) is 9.40 Å². The van der Waals surface area contributed by atoms with Crippen LogP contribution in [0.4, 0.5) is 0 Å². The minimum Gasteiger partial charge on any atom is -0.364 e. The van der Waals surface area contributed by atoms with E-state index in [2.05, 4.69) is 25.5 Å². The molecule has 0 bridgehead atoms. The Morgan fingerprint density at radius 2 is 2.11 bits per heavy atom. The summed E-state index contributed by atoms with van der Waals surface area (Å²) in [5.74, 6) is 0.632. The van der Waals surface area contributed by atoms with Gasteiger partial charge in [-0.15, -0.1) is 0 Å². The van der Waals surface area contributed by atoms with Gasteiger partial charge in [-0.1, -0.05) is 5.16 Å². The number of rotatable bonds is 6. The third kappa shape index (κ3) is 5.07. The number of guanidine groups is 1. The van der Waals surface area contributed by atoms with E-state index in [1.807, 2.05) is 24.0 Å². The molecule has 10 nitrogen and oxygen atoms in total. The SMILES string of the molecule is CN=C(NCCn1cc(C)cn1)N1CCN(S(=O)(=O)Cc2ccon2)CC1. The molecule has 2 aromatic rings. The molecule has 0 saturated carbocycles. The van der Waals surface area contributed by atoms with Crippen molar-refractivity contribution in [3.63, 3.8) is 0 Å². The molecule has 0 aromatic carbocycles. The van der Waals surface area contributed by atoms with Gasteiger partial charge in [0.05, 0.1) is 18.4 Å². The largest absolute Gasteiger partial charge is 0.364 e. The van der Waals surface area contributed by atoms with Gasteiger partial charge in [0.1, 0.15) is 12.0 Å². The van der Waals surface area contributed by atoms with E-state index in [1.165, 1.54) is 10.6 Å². The lowest BCUT2D eigenvalue weighted by molar-refractivity contribution is 0.259. The minimum absolute atomic E-state index is 0.139. The predicted octanol–water partition coefficient (Wildman–Crippen LogP) is -0.0975. The smallest absolute Gasteiger partial charge is 0.220 e. The maximum absolute atomic E-state index is 12.5. The van der Waals surface area contributed by atoms with E-state index in [0.29, 0.717) is 38.4 Å². The van der Waals surface area contributed by atoms with Crippen molar-refractivity contribution >= 4 is 16.0 Å². The number of aromatic nitrogens is 3. The molecule has 2 aromatic heterocycles. The summed E-state index contributed by atoms with van der Waals surface area (Å²) < 4.78 is 33.1. The van der Waals surface area contributed by atoms with E-state index < -0.39 is 10.0 Å². The Labute approximate surface area is 158 Å². The highest BCUT2D eigenvalue weighted by Gasteiger charge is 2.28. The molecule has 0 radical (unpaired) electrons. The number of hydrogen-bond acceptors (Lipinski definition) is 6. The third-order valence-corrected chi connectivity index (χ3v) is 6.16. The number of hydrogen-bond donors (Lipinski definition) is 1. The average Bonchev–Trinajstić information content (AvgIpc) is 3.30. The molecule has 0 unspecified atom stereocenters. The van der Waals surface area contributed by atoms with Crippen molar-refractivity contribution in [2.24, 2.45) is 4.99 Å². The van der Waals surface area contributed by atoms with Crippen LogP contribution in [0.5, 0.6) is 0 Å². The van der Waals surface area contributed by atoms with Gasteiger partial charge in [0.15, 0.2) is 5.96 Å². The Hall–Kier alpha value is -2.40. The normalized spacial score (nSPS) is 16.7. The monoisotopic (exact) mass is 395 g/mol. The first kappa shape index (κ1) is 19.4. The first-order chi connectivity index (χ1) is 13.0. The molecule has 0 atom stereocenters. The van der Waals surface area contributed by atoms with Crippen LogP contribution >= 0.6 is 0 Å². The summed E-state index contributed by atoms with van der Waals surface area (Å²) in [6, 6.07) is 1.57. The zero-order valence-electron chi connectivity index (χ0n) is 15.6. The Morgan fingerprint density at radius 1 is 1.33 bits per heavy atom. The van der Waals surface area contributed by atoms with Crippen LogP contribution in [0, 0.1) is 6.92 Å². The topological polar surface area (TPSA) is 109 Å². The molecule has 11 heteroatoms. The van der Waals surface area contributed by atoms with Crippen LogP contribution in [0.3, 0.4) is 0 Å². The minimum atomic E-state index is -3.40. The van der Waals surface area contributed by atoms with Crippen LogP contribution < -0.4 is 5.32 Å². The molecule has 27 heavy (non-hydrogen) atoms. The molecule has 0 spiro atoms. The number of piperazine rings is 1. The molecule has 148 valence electrons. The Balaban J connectivity index is 1.48. The van der Waals surface area contributed by atoms with E-state index in [0.717, 1.165) is 18.1 Å². The van der Waals surface area contributed by atoms with Gasteiger partial charge in [0.2, 0.25) is 10.0 Å². The maximum Gasteiger partial charge on any atom is 0.220 e. The molecule has 1 saturated heterocycles. The van der Waals surface area contributed by atoms with Gasteiger partial charge in [-0.25, -0.2) is 8.42 Å². The molecule has 1 N–H and O–H groups in total. The third-order valence-electron chi connectivity index (χ3n) is 4.35. The number of sulfonamides is 1. The van der Waals surface area contributed by atoms with Crippen molar-refractivity contribution in [1.82, 2.24) is 29.5 Å². The zero-order chi connectivity index (χ0) is 19.3. The highest BCUT2D eigenvalue weighted by atomic mass is 32.2. The van der Waals surface area contributed by atoms with Crippen LogP contribution in [-0.4, -0.2) is 78.3 Å². The lowest BCUT2D eigenvalue weighted by atomic mass is 10.4. The van der Waals surface area contributed by atoms with Crippen LogP contribution in [0.25, 0.3) is 0 Å². The summed E-state index contributed by atoms with van der Waals surface area (Å²) in [4.78, 5) is 6.37. The van der Waals surface area contributed by atoms with Crippen molar-refractivity contribution < 1.29 is 12.9 Å². The lowest BCUT2D eigenvalue weighted by Crippen LogP contribution is -2.54. The van der Waals surface area contributed by atoms with Crippen molar-refractivity contribution in [1.29, 1.82) is 0 Å². The predicted molar refractivity (Wildman–Crippen MR) is 101 cm³/mol. The summed E-state index contributed by atoms with van der Waals surface area (Å²) >= 11 is 0. The van der Waals surface area contributed by atoms with Gasteiger partial charge in [0, 0.05) is 52.0 Å². The Kier molecular flexibility index (Phi) is 6.11. The van der Waals surface area contributed by atoms with Gasteiger partial charge < -0.3 is 14.7 Å². The molecule has 3 heterocycles. The first-order valence-electron chi connectivity index (χ1n) is 8.79. The quantitative estimate of drug-likeness (QED) is 0.537. The number of aryl methyl sites for hydroxylation is 1. The number of aliphatic imine (C=N–C) groups is 1. The van der Waals surface area contributed by atoms with E-state index in [9.17, 15) is 8.42 Å². The second-order valence-corrected chi connectivity index (χ2v) is 8.36. The van der Waals surface area contributed by atoms with E-state index in [1.54, 1.807) is 13.1 Å². The fourth-order valence-electron chi connectivity index (χ4n) is 2.97. The average molecular weight is 395 g/mol. The summed E-state index contributed by atoms with van der Waals surface area (Å²) in [6.07, 6.45) is 5.19. The van der Waals surface area contributed by atoms with E-state index in [-0.39, 0.29) is 5.75 Å². The molecule has 1 aliphatic heterocycles. The van der Waals surface area contributed by atoms with Gasteiger partial charge in [0.25, 0.3) is 0 Å². The molecular weight excluding hydrogens is 370 g/mol. The second kappa shape index (κ2) is 8.53. The van der Waals surface area contributed by atoms with Gasteiger partial charge in [-0.3, -0.25) is 9.67 Å². The van der Waals surface area contributed by atoms with Crippen LogP contribution in [0.1, 0.15) is 11.3 Å². The van der Waals surface area contributed by atoms with Crippen molar-refractivity contribution in [2.45, 2.75) is 19.2 Å². The molecule has 3 rings (SSSR count). The van der Waals surface area contributed by atoms with Crippen LogP contribution in [-0.2, 0) is 22.3 Å². The van der Waals surface area contributed by atoms with Crippen LogP contribution in [0.2, 0.25) is 0 Å². The summed E-state index contributed by atoms with van der Waals surface area (Å²) in [5, 5.41) is 11.3. The second-order valence-electron chi connectivity index (χ2n) is 6.39. The summed E-state index contributed by atoms with van der Waals surface area (Å²) in [6.45, 7) is 5.43. The fraction of sp³-hybridized carbons (Fsp3) is 0.562. The van der Waals surface area contributed by atoms with Crippen molar-refractivity contribution in [3.05, 3.63) is 36.0 Å². The fourth-order valence-corrected chi connectivity index (χ4v) is 4.40. The van der Waals surface area contributed by atoms with E-state index in [4.69, 9.17) is 4.52 Å². The van der Waals surface area contributed by atoms with Crippen molar-refractivity contribution in [2.75, 3.05) is 39.8 Å². The highest BCUT2D eigenvalue weighted by molar-refractivity contribution is 7.88.